The van der Waals surface area contributed by atoms with E-state index in [4.69, 9.17) is 5.73 Å². The van der Waals surface area contributed by atoms with Crippen LogP contribution in [0.2, 0.25) is 0 Å². The Labute approximate surface area is 124 Å². The predicted molar refractivity (Wildman–Crippen MR) is 84.2 cm³/mol. The van der Waals surface area contributed by atoms with Gasteiger partial charge < -0.3 is 11.1 Å². The van der Waals surface area contributed by atoms with E-state index in [9.17, 15) is 4.79 Å². The highest BCUT2D eigenvalue weighted by atomic mass is 16.1. The fourth-order valence-electron chi connectivity index (χ4n) is 2.29. The molecule has 112 valence electrons. The van der Waals surface area contributed by atoms with E-state index in [1.807, 2.05) is 12.1 Å². The van der Waals surface area contributed by atoms with Crippen LogP contribution in [0.4, 0.5) is 5.69 Å². The summed E-state index contributed by atoms with van der Waals surface area (Å²) in [5, 5.41) is 9.72. The van der Waals surface area contributed by atoms with Gasteiger partial charge in [0.1, 0.15) is 0 Å². The number of benzene rings is 1. The molecule has 2 aromatic rings. The molecule has 2 rings (SSSR count). The van der Waals surface area contributed by atoms with Crippen molar-refractivity contribution in [3.05, 3.63) is 46.8 Å². The number of hydrogen-bond acceptors (Lipinski definition) is 3. The van der Waals surface area contributed by atoms with Gasteiger partial charge in [-0.1, -0.05) is 37.6 Å². The number of nitrogens with two attached hydrogens (primary N) is 1. The van der Waals surface area contributed by atoms with Gasteiger partial charge in [-0.3, -0.25) is 9.89 Å². The summed E-state index contributed by atoms with van der Waals surface area (Å²) >= 11 is 0. The lowest BCUT2D eigenvalue weighted by Gasteiger charge is -2.06. The van der Waals surface area contributed by atoms with E-state index in [1.165, 1.54) is 11.1 Å². The molecule has 21 heavy (non-hydrogen) atoms. The third-order valence-electron chi connectivity index (χ3n) is 3.54. The number of anilines is 1. The van der Waals surface area contributed by atoms with Crippen molar-refractivity contribution >= 4 is 11.6 Å². The average molecular weight is 286 g/mol. The van der Waals surface area contributed by atoms with Crippen LogP contribution < -0.4 is 11.1 Å². The fraction of sp³-hybridized carbons (Fsp3) is 0.375. The summed E-state index contributed by atoms with van der Waals surface area (Å²) in [6.45, 7) is 4.70. The molecule has 0 unspecified atom stereocenters. The number of nitrogens with zero attached hydrogens (tertiary/aromatic N) is 1. The Morgan fingerprint density at radius 3 is 2.81 bits per heavy atom. The van der Waals surface area contributed by atoms with E-state index in [2.05, 4.69) is 41.5 Å². The van der Waals surface area contributed by atoms with Crippen LogP contribution in [0.3, 0.4) is 0 Å². The van der Waals surface area contributed by atoms with Gasteiger partial charge in [-0.25, -0.2) is 0 Å². The minimum Gasteiger partial charge on any atom is -0.395 e. The van der Waals surface area contributed by atoms with E-state index in [0.29, 0.717) is 17.9 Å². The van der Waals surface area contributed by atoms with Gasteiger partial charge in [0.05, 0.1) is 11.4 Å². The van der Waals surface area contributed by atoms with Gasteiger partial charge in [0.2, 0.25) is 0 Å². The Kier molecular flexibility index (Phi) is 4.98. The molecule has 0 aliphatic carbocycles. The number of nitrogen functional groups attached to an aromatic ring is 1. The fourth-order valence-corrected chi connectivity index (χ4v) is 2.29. The van der Waals surface area contributed by atoms with Crippen molar-refractivity contribution in [1.29, 1.82) is 0 Å². The molecule has 5 heteroatoms. The highest BCUT2D eigenvalue weighted by Gasteiger charge is 2.16. The van der Waals surface area contributed by atoms with Crippen molar-refractivity contribution in [3.8, 4) is 0 Å². The molecule has 0 atom stereocenters. The quantitative estimate of drug-likeness (QED) is 0.761. The number of rotatable bonds is 6. The maximum atomic E-state index is 12.1. The lowest BCUT2D eigenvalue weighted by Crippen LogP contribution is -2.27. The highest BCUT2D eigenvalue weighted by molar-refractivity contribution is 5.97. The number of aromatic nitrogens is 2. The van der Waals surface area contributed by atoms with E-state index >= 15 is 0 Å². The van der Waals surface area contributed by atoms with Crippen LogP contribution in [0.5, 0.6) is 0 Å². The minimum absolute atomic E-state index is 0.223. The number of aromatic amines is 1. The molecule has 4 N–H and O–H groups in total. The molecule has 1 heterocycles. The number of aryl methyl sites for hydroxylation is 2. The van der Waals surface area contributed by atoms with Gasteiger partial charge in [-0.15, -0.1) is 0 Å². The van der Waals surface area contributed by atoms with Gasteiger partial charge in [-0.2, -0.15) is 5.10 Å². The number of carbonyl (C=O) groups excluding carboxylic acids is 1. The normalized spacial score (nSPS) is 10.6. The zero-order chi connectivity index (χ0) is 15.2. The van der Waals surface area contributed by atoms with Crippen LogP contribution in [0.15, 0.2) is 24.3 Å². The summed E-state index contributed by atoms with van der Waals surface area (Å²) in [5.41, 5.74) is 10.0. The standard InChI is InChI=1S/C16H22N4O/c1-3-6-13-14(17)15(20-19-13)16(21)18-10-9-12-8-5-4-7-11(12)2/h4-5,7-8H,3,6,9-10,17H2,1-2H3,(H,18,21)(H,19,20). The number of hydrogen-bond donors (Lipinski definition) is 3. The zero-order valence-electron chi connectivity index (χ0n) is 12.6. The Balaban J connectivity index is 1.92. The van der Waals surface area contributed by atoms with Crippen molar-refractivity contribution in [1.82, 2.24) is 15.5 Å². The monoisotopic (exact) mass is 286 g/mol. The highest BCUT2D eigenvalue weighted by Crippen LogP contribution is 2.15. The van der Waals surface area contributed by atoms with Crippen LogP contribution >= 0.6 is 0 Å². The first-order valence-electron chi connectivity index (χ1n) is 7.29. The van der Waals surface area contributed by atoms with E-state index < -0.39 is 0 Å². The number of carbonyl (C=O) groups is 1. The molecule has 0 saturated heterocycles. The molecular formula is C16H22N4O. The predicted octanol–water partition coefficient (Wildman–Crippen LogP) is 2.23. The van der Waals surface area contributed by atoms with Crippen LogP contribution in [0.1, 0.15) is 40.7 Å². The number of amides is 1. The molecular weight excluding hydrogens is 264 g/mol. The molecule has 0 spiro atoms. The molecule has 1 aromatic heterocycles. The minimum atomic E-state index is -0.223. The van der Waals surface area contributed by atoms with Gasteiger partial charge in [0, 0.05) is 6.54 Å². The maximum Gasteiger partial charge on any atom is 0.273 e. The van der Waals surface area contributed by atoms with Crippen LogP contribution in [0.25, 0.3) is 0 Å². The van der Waals surface area contributed by atoms with Crippen molar-refractivity contribution in [2.75, 3.05) is 12.3 Å². The van der Waals surface area contributed by atoms with Crippen LogP contribution in [-0.4, -0.2) is 22.6 Å². The molecule has 0 fully saturated rings. The number of nitrogens with one attached hydrogen (secondary N) is 2. The summed E-state index contributed by atoms with van der Waals surface area (Å²) in [5.74, 6) is -0.223. The molecule has 0 aliphatic rings. The second-order valence-electron chi connectivity index (χ2n) is 5.15. The molecule has 0 radical (unpaired) electrons. The first kappa shape index (κ1) is 15.1. The summed E-state index contributed by atoms with van der Waals surface area (Å²) < 4.78 is 0. The summed E-state index contributed by atoms with van der Waals surface area (Å²) in [4.78, 5) is 12.1. The van der Waals surface area contributed by atoms with Crippen molar-refractivity contribution < 1.29 is 4.79 Å². The first-order valence-corrected chi connectivity index (χ1v) is 7.29. The molecule has 0 aliphatic heterocycles. The maximum absolute atomic E-state index is 12.1. The zero-order valence-corrected chi connectivity index (χ0v) is 12.6. The Hall–Kier alpha value is -2.30. The van der Waals surface area contributed by atoms with Crippen molar-refractivity contribution in [2.45, 2.75) is 33.1 Å². The van der Waals surface area contributed by atoms with Gasteiger partial charge in [0.15, 0.2) is 5.69 Å². The van der Waals surface area contributed by atoms with E-state index in [1.54, 1.807) is 0 Å². The topological polar surface area (TPSA) is 83.8 Å². The molecule has 0 saturated carbocycles. The van der Waals surface area contributed by atoms with Gasteiger partial charge >= 0.3 is 0 Å². The number of H-pyrrole nitrogens is 1. The molecule has 0 bridgehead atoms. The Morgan fingerprint density at radius 1 is 1.33 bits per heavy atom. The Bertz CT molecular complexity index is 618. The summed E-state index contributed by atoms with van der Waals surface area (Å²) in [6, 6.07) is 8.16. The largest absolute Gasteiger partial charge is 0.395 e. The second-order valence-corrected chi connectivity index (χ2v) is 5.15. The summed E-state index contributed by atoms with van der Waals surface area (Å²) in [6.07, 6.45) is 2.56. The van der Waals surface area contributed by atoms with Gasteiger partial charge in [-0.05, 0) is 30.9 Å². The lowest BCUT2D eigenvalue weighted by molar-refractivity contribution is 0.0950. The Morgan fingerprint density at radius 2 is 2.10 bits per heavy atom. The van der Waals surface area contributed by atoms with E-state index in [0.717, 1.165) is 25.0 Å². The first-order chi connectivity index (χ1) is 10.1. The molecule has 1 amide bonds. The summed E-state index contributed by atoms with van der Waals surface area (Å²) in [7, 11) is 0. The van der Waals surface area contributed by atoms with E-state index in [-0.39, 0.29) is 5.91 Å². The third kappa shape index (κ3) is 3.62. The second kappa shape index (κ2) is 6.92. The van der Waals surface area contributed by atoms with Crippen molar-refractivity contribution in [2.24, 2.45) is 0 Å². The molecule has 1 aromatic carbocycles. The van der Waals surface area contributed by atoms with Gasteiger partial charge in [0.25, 0.3) is 5.91 Å². The average Bonchev–Trinajstić information content (AvgIpc) is 2.83. The SMILES string of the molecule is CCCc1[nH]nc(C(=O)NCCc2ccccc2C)c1N. The molecule has 5 nitrogen and oxygen atoms in total. The lowest BCUT2D eigenvalue weighted by atomic mass is 10.1. The van der Waals surface area contributed by atoms with Crippen LogP contribution in [-0.2, 0) is 12.8 Å². The third-order valence-corrected chi connectivity index (χ3v) is 3.54. The van der Waals surface area contributed by atoms with Crippen molar-refractivity contribution in [3.63, 3.8) is 0 Å². The smallest absolute Gasteiger partial charge is 0.273 e. The van der Waals surface area contributed by atoms with Crippen LogP contribution in [0, 0.1) is 6.92 Å².